The molecule has 3 heterocycles. The summed E-state index contributed by atoms with van der Waals surface area (Å²) in [7, 11) is -3.37. The number of hydrogen-bond donors (Lipinski definition) is 1. The summed E-state index contributed by atoms with van der Waals surface area (Å²) in [6.45, 7) is 1.37. The van der Waals surface area contributed by atoms with Crippen LogP contribution in [0.4, 0.5) is 5.13 Å². The van der Waals surface area contributed by atoms with Crippen LogP contribution in [-0.2, 0) is 10.0 Å². The highest BCUT2D eigenvalue weighted by Gasteiger charge is 2.28. The largest absolute Gasteiger partial charge is 0.344 e. The van der Waals surface area contributed by atoms with Gasteiger partial charge in [-0.3, -0.25) is 0 Å². The fraction of sp³-hybridized carbons (Fsp3) is 0.417. The van der Waals surface area contributed by atoms with Gasteiger partial charge < -0.3 is 4.90 Å². The lowest BCUT2D eigenvalue weighted by Gasteiger charge is -2.24. The molecular formula is C12H15N3O2S3. The van der Waals surface area contributed by atoms with E-state index in [2.05, 4.69) is 14.6 Å². The predicted octanol–water partition coefficient (Wildman–Crippen LogP) is 2.15. The van der Waals surface area contributed by atoms with Crippen LogP contribution < -0.4 is 9.62 Å². The van der Waals surface area contributed by atoms with Crippen molar-refractivity contribution in [3.05, 3.63) is 29.1 Å². The molecule has 108 valence electrons. The molecule has 0 bridgehead atoms. The molecule has 1 fully saturated rings. The van der Waals surface area contributed by atoms with Gasteiger partial charge in [0, 0.05) is 30.7 Å². The molecule has 0 aromatic carbocycles. The van der Waals surface area contributed by atoms with Crippen LogP contribution in [0.25, 0.3) is 0 Å². The first-order valence-electron chi connectivity index (χ1n) is 6.36. The Labute approximate surface area is 126 Å². The second-order valence-electron chi connectivity index (χ2n) is 4.59. The topological polar surface area (TPSA) is 62.3 Å². The first kappa shape index (κ1) is 14.0. The number of nitrogens with one attached hydrogen (secondary N) is 1. The summed E-state index contributed by atoms with van der Waals surface area (Å²) in [6.07, 6.45) is 3.85. The van der Waals surface area contributed by atoms with E-state index in [-0.39, 0.29) is 6.04 Å². The van der Waals surface area contributed by atoms with Gasteiger partial charge in [0.15, 0.2) is 5.13 Å². The summed E-state index contributed by atoms with van der Waals surface area (Å²) < 4.78 is 27.3. The van der Waals surface area contributed by atoms with Gasteiger partial charge in [0.2, 0.25) is 10.0 Å². The number of thiophene rings is 1. The van der Waals surface area contributed by atoms with E-state index in [4.69, 9.17) is 0 Å². The van der Waals surface area contributed by atoms with E-state index in [1.54, 1.807) is 35.0 Å². The molecule has 1 saturated heterocycles. The standard InChI is InChI=1S/C12H15N3O2S3/c16-20(17,11-4-2-7-18-11)14-9-10-3-1-6-15(10)12-13-5-8-19-12/h2,4-5,7-8,10,14H,1,3,6,9H2/t10-/m1/s1. The van der Waals surface area contributed by atoms with Crippen LogP contribution in [0.3, 0.4) is 0 Å². The van der Waals surface area contributed by atoms with Gasteiger partial charge >= 0.3 is 0 Å². The molecule has 8 heteroatoms. The van der Waals surface area contributed by atoms with Crippen LogP contribution in [0.5, 0.6) is 0 Å². The summed E-state index contributed by atoms with van der Waals surface area (Å²) in [5.74, 6) is 0. The Morgan fingerprint density at radius 2 is 2.30 bits per heavy atom. The summed E-state index contributed by atoms with van der Waals surface area (Å²) in [6, 6.07) is 3.56. The summed E-state index contributed by atoms with van der Waals surface area (Å²) in [5.41, 5.74) is 0. The molecule has 1 N–H and O–H groups in total. The molecule has 0 saturated carbocycles. The summed E-state index contributed by atoms with van der Waals surface area (Å²) in [4.78, 5) is 6.51. The van der Waals surface area contributed by atoms with Crippen molar-refractivity contribution in [1.29, 1.82) is 0 Å². The normalized spacial score (nSPS) is 19.6. The molecule has 1 aliphatic rings. The van der Waals surface area contributed by atoms with Gasteiger partial charge in [-0.15, -0.1) is 22.7 Å². The maximum Gasteiger partial charge on any atom is 0.250 e. The third-order valence-electron chi connectivity index (χ3n) is 3.31. The minimum absolute atomic E-state index is 0.191. The van der Waals surface area contributed by atoms with Crippen molar-refractivity contribution < 1.29 is 8.42 Å². The van der Waals surface area contributed by atoms with E-state index >= 15 is 0 Å². The van der Waals surface area contributed by atoms with E-state index in [1.807, 2.05) is 5.38 Å². The second-order valence-corrected chi connectivity index (χ2v) is 8.40. The van der Waals surface area contributed by atoms with Gasteiger partial charge in [0.05, 0.1) is 0 Å². The first-order chi connectivity index (χ1) is 9.67. The highest BCUT2D eigenvalue weighted by atomic mass is 32.2. The van der Waals surface area contributed by atoms with Crippen molar-refractivity contribution in [2.24, 2.45) is 0 Å². The van der Waals surface area contributed by atoms with Crippen molar-refractivity contribution in [3.8, 4) is 0 Å². The number of hydrogen-bond acceptors (Lipinski definition) is 6. The van der Waals surface area contributed by atoms with E-state index in [0.717, 1.165) is 24.5 Å². The smallest absolute Gasteiger partial charge is 0.250 e. The highest BCUT2D eigenvalue weighted by molar-refractivity contribution is 7.91. The Morgan fingerprint density at radius 1 is 1.40 bits per heavy atom. The maximum atomic E-state index is 12.1. The van der Waals surface area contributed by atoms with Crippen LogP contribution in [-0.4, -0.2) is 32.5 Å². The Bertz CT molecular complexity index is 638. The van der Waals surface area contributed by atoms with Gasteiger partial charge in [-0.25, -0.2) is 18.1 Å². The molecule has 2 aromatic rings. The Hall–Kier alpha value is -0.960. The van der Waals surface area contributed by atoms with Crippen LogP contribution in [0.2, 0.25) is 0 Å². The predicted molar refractivity (Wildman–Crippen MR) is 82.0 cm³/mol. The van der Waals surface area contributed by atoms with Crippen molar-refractivity contribution in [3.63, 3.8) is 0 Å². The zero-order valence-corrected chi connectivity index (χ0v) is 13.2. The lowest BCUT2D eigenvalue weighted by Crippen LogP contribution is -2.40. The number of nitrogens with zero attached hydrogens (tertiary/aromatic N) is 2. The first-order valence-corrected chi connectivity index (χ1v) is 9.60. The molecule has 3 rings (SSSR count). The van der Waals surface area contributed by atoms with E-state index < -0.39 is 10.0 Å². The number of rotatable bonds is 5. The van der Waals surface area contributed by atoms with Crippen LogP contribution in [0.15, 0.2) is 33.3 Å². The Balaban J connectivity index is 1.66. The van der Waals surface area contributed by atoms with Gasteiger partial charge in [-0.1, -0.05) is 6.07 Å². The molecule has 0 amide bonds. The molecule has 1 aliphatic heterocycles. The van der Waals surface area contributed by atoms with E-state index in [9.17, 15) is 8.42 Å². The Kier molecular flexibility index (Phi) is 4.06. The van der Waals surface area contributed by atoms with Gasteiger partial charge in [-0.05, 0) is 24.3 Å². The van der Waals surface area contributed by atoms with Gasteiger partial charge in [0.25, 0.3) is 0 Å². The van der Waals surface area contributed by atoms with Crippen molar-refractivity contribution in [1.82, 2.24) is 9.71 Å². The van der Waals surface area contributed by atoms with Gasteiger partial charge in [-0.2, -0.15) is 0 Å². The molecule has 5 nitrogen and oxygen atoms in total. The molecule has 0 radical (unpaired) electrons. The molecule has 1 atom stereocenters. The van der Waals surface area contributed by atoms with Crippen molar-refractivity contribution in [2.45, 2.75) is 23.1 Å². The number of anilines is 1. The fourth-order valence-corrected chi connectivity index (χ4v) is 5.20. The zero-order valence-electron chi connectivity index (χ0n) is 10.7. The quantitative estimate of drug-likeness (QED) is 0.913. The third-order valence-corrected chi connectivity index (χ3v) is 6.94. The van der Waals surface area contributed by atoms with Crippen LogP contribution >= 0.6 is 22.7 Å². The minimum atomic E-state index is -3.37. The molecular weight excluding hydrogens is 314 g/mol. The lowest BCUT2D eigenvalue weighted by molar-refractivity contribution is 0.569. The van der Waals surface area contributed by atoms with Crippen LogP contribution in [0, 0.1) is 0 Å². The zero-order chi connectivity index (χ0) is 14.0. The summed E-state index contributed by atoms with van der Waals surface area (Å²) >= 11 is 2.83. The average molecular weight is 329 g/mol. The van der Waals surface area contributed by atoms with E-state index in [0.29, 0.717) is 10.8 Å². The average Bonchev–Trinajstić information content (AvgIpc) is 3.16. The third kappa shape index (κ3) is 2.88. The minimum Gasteiger partial charge on any atom is -0.344 e. The van der Waals surface area contributed by atoms with Crippen molar-refractivity contribution >= 4 is 37.8 Å². The number of sulfonamides is 1. The summed E-state index contributed by atoms with van der Waals surface area (Å²) in [5, 5.41) is 4.69. The SMILES string of the molecule is O=S(=O)(NC[C@H]1CCCN1c1nccs1)c1cccs1. The van der Waals surface area contributed by atoms with Crippen molar-refractivity contribution in [2.75, 3.05) is 18.0 Å². The maximum absolute atomic E-state index is 12.1. The lowest BCUT2D eigenvalue weighted by atomic mass is 10.2. The second kappa shape index (κ2) is 5.80. The molecule has 0 aliphatic carbocycles. The monoisotopic (exact) mass is 329 g/mol. The molecule has 20 heavy (non-hydrogen) atoms. The van der Waals surface area contributed by atoms with Crippen LogP contribution in [0.1, 0.15) is 12.8 Å². The highest BCUT2D eigenvalue weighted by Crippen LogP contribution is 2.27. The number of thiazole rings is 1. The van der Waals surface area contributed by atoms with Gasteiger partial charge in [0.1, 0.15) is 4.21 Å². The number of aromatic nitrogens is 1. The molecule has 0 unspecified atom stereocenters. The van der Waals surface area contributed by atoms with E-state index in [1.165, 1.54) is 11.3 Å². The molecule has 2 aromatic heterocycles. The fourth-order valence-electron chi connectivity index (χ4n) is 2.35. The Morgan fingerprint density at radius 3 is 3.00 bits per heavy atom. The molecule has 0 spiro atoms.